The van der Waals surface area contributed by atoms with E-state index in [9.17, 15) is 24.2 Å². The SMILES string of the molecule is CCOc1cc(C(O)P(=O)(O)CC[C@H](N)C(=O)O)ccc1OCC(=O)O. The molecule has 3 atom stereocenters. The maximum Gasteiger partial charge on any atom is 0.341 e. The van der Waals surface area contributed by atoms with Crippen molar-refractivity contribution in [2.24, 2.45) is 5.73 Å². The number of aliphatic hydroxyl groups excluding tert-OH is 1. The molecule has 1 aromatic carbocycles. The lowest BCUT2D eigenvalue weighted by Gasteiger charge is -2.21. The summed E-state index contributed by atoms with van der Waals surface area (Å²) >= 11 is 0. The maximum atomic E-state index is 12.3. The van der Waals surface area contributed by atoms with Crippen molar-refractivity contribution in [2.45, 2.75) is 25.2 Å². The predicted octanol–water partition coefficient (Wildman–Crippen LogP) is 0.612. The molecule has 1 rings (SSSR count). The van der Waals surface area contributed by atoms with Crippen molar-refractivity contribution in [1.82, 2.24) is 0 Å². The highest BCUT2D eigenvalue weighted by Gasteiger charge is 2.32. The van der Waals surface area contributed by atoms with Crippen LogP contribution in [0.3, 0.4) is 0 Å². The van der Waals surface area contributed by atoms with Gasteiger partial charge >= 0.3 is 11.9 Å². The minimum absolute atomic E-state index is 0.0471. The van der Waals surface area contributed by atoms with E-state index in [1.165, 1.54) is 18.2 Å². The second-order valence-corrected chi connectivity index (χ2v) is 7.86. The Morgan fingerprint density at radius 2 is 1.88 bits per heavy atom. The van der Waals surface area contributed by atoms with E-state index in [1.807, 2.05) is 0 Å². The zero-order valence-electron chi connectivity index (χ0n) is 14.1. The van der Waals surface area contributed by atoms with Crippen molar-refractivity contribution in [1.29, 1.82) is 0 Å². The number of hydrogen-bond donors (Lipinski definition) is 5. The lowest BCUT2D eigenvalue weighted by Crippen LogP contribution is -2.31. The van der Waals surface area contributed by atoms with Crippen LogP contribution < -0.4 is 15.2 Å². The Bertz CT molecular complexity index is 694. The molecule has 0 bridgehead atoms. The summed E-state index contributed by atoms with van der Waals surface area (Å²) in [5, 5.41) is 27.6. The maximum absolute atomic E-state index is 12.3. The van der Waals surface area contributed by atoms with Crippen molar-refractivity contribution in [2.75, 3.05) is 19.4 Å². The number of aliphatic hydroxyl groups is 1. The Hall–Kier alpha value is -2.13. The van der Waals surface area contributed by atoms with E-state index in [1.54, 1.807) is 6.92 Å². The fourth-order valence-corrected chi connectivity index (χ4v) is 3.53. The zero-order valence-corrected chi connectivity index (χ0v) is 15.0. The van der Waals surface area contributed by atoms with Gasteiger partial charge in [-0.15, -0.1) is 0 Å². The van der Waals surface area contributed by atoms with Crippen molar-refractivity contribution >= 4 is 19.3 Å². The van der Waals surface area contributed by atoms with Crippen LogP contribution >= 0.6 is 7.37 Å². The molecular formula is C15H22NO9P. The molecule has 0 aliphatic carbocycles. The number of carboxylic acids is 2. The molecule has 0 amide bonds. The Morgan fingerprint density at radius 1 is 1.23 bits per heavy atom. The highest BCUT2D eigenvalue weighted by molar-refractivity contribution is 7.58. The summed E-state index contributed by atoms with van der Waals surface area (Å²) < 4.78 is 22.7. The number of rotatable bonds is 11. The van der Waals surface area contributed by atoms with Crippen LogP contribution in [0.1, 0.15) is 24.8 Å². The molecule has 11 heteroatoms. The van der Waals surface area contributed by atoms with E-state index in [-0.39, 0.29) is 30.1 Å². The fraction of sp³-hybridized carbons (Fsp3) is 0.467. The van der Waals surface area contributed by atoms with Crippen LogP contribution in [-0.4, -0.2) is 57.6 Å². The molecule has 0 fully saturated rings. The predicted molar refractivity (Wildman–Crippen MR) is 90.6 cm³/mol. The molecule has 0 aromatic heterocycles. The van der Waals surface area contributed by atoms with Gasteiger partial charge in [-0.05, 0) is 31.0 Å². The molecule has 0 saturated carbocycles. The Morgan fingerprint density at radius 3 is 2.42 bits per heavy atom. The molecule has 10 nitrogen and oxygen atoms in total. The first-order valence-electron chi connectivity index (χ1n) is 7.67. The largest absolute Gasteiger partial charge is 0.490 e. The van der Waals surface area contributed by atoms with Gasteiger partial charge in [-0.3, -0.25) is 9.36 Å². The summed E-state index contributed by atoms with van der Waals surface area (Å²) in [4.78, 5) is 31.3. The Labute approximate surface area is 149 Å². The number of nitrogens with two attached hydrogens (primary N) is 1. The Balaban J connectivity index is 2.98. The molecule has 0 aliphatic heterocycles. The van der Waals surface area contributed by atoms with Gasteiger partial charge in [0.1, 0.15) is 6.04 Å². The van der Waals surface area contributed by atoms with Gasteiger partial charge in [-0.2, -0.15) is 0 Å². The molecule has 6 N–H and O–H groups in total. The zero-order chi connectivity index (χ0) is 19.9. The Kier molecular flexibility index (Phi) is 8.04. The van der Waals surface area contributed by atoms with Gasteiger partial charge < -0.3 is 35.4 Å². The third-order valence-corrected chi connectivity index (χ3v) is 5.34. The summed E-state index contributed by atoms with van der Waals surface area (Å²) in [6, 6.07) is 2.57. The summed E-state index contributed by atoms with van der Waals surface area (Å²) in [6.45, 7) is 1.29. The number of benzene rings is 1. The van der Waals surface area contributed by atoms with Crippen LogP contribution in [0.15, 0.2) is 18.2 Å². The van der Waals surface area contributed by atoms with E-state index in [2.05, 4.69) is 0 Å². The van der Waals surface area contributed by atoms with Crippen LogP contribution in [0.25, 0.3) is 0 Å². The number of ether oxygens (including phenoxy) is 2. The number of carboxylic acid groups (broad SMARTS) is 2. The van der Waals surface area contributed by atoms with Gasteiger partial charge in [-0.1, -0.05) is 6.07 Å². The minimum atomic E-state index is -4.16. The molecule has 0 saturated heterocycles. The molecule has 0 heterocycles. The lowest BCUT2D eigenvalue weighted by atomic mass is 10.2. The monoisotopic (exact) mass is 391 g/mol. The quantitative estimate of drug-likeness (QED) is 0.336. The van der Waals surface area contributed by atoms with E-state index in [0.717, 1.165) is 0 Å². The smallest absolute Gasteiger partial charge is 0.341 e. The lowest BCUT2D eigenvalue weighted by molar-refractivity contribution is -0.139. The van der Waals surface area contributed by atoms with Crippen molar-refractivity contribution in [3.05, 3.63) is 23.8 Å². The van der Waals surface area contributed by atoms with E-state index >= 15 is 0 Å². The van der Waals surface area contributed by atoms with Crippen molar-refractivity contribution in [3.8, 4) is 11.5 Å². The van der Waals surface area contributed by atoms with Crippen LogP contribution in [-0.2, 0) is 14.2 Å². The van der Waals surface area contributed by atoms with Crippen molar-refractivity contribution < 1.29 is 43.8 Å². The van der Waals surface area contributed by atoms with Gasteiger partial charge in [0.2, 0.25) is 7.37 Å². The highest BCUT2D eigenvalue weighted by atomic mass is 31.2. The number of hydrogen-bond acceptors (Lipinski definition) is 7. The molecule has 1 aromatic rings. The molecule has 0 spiro atoms. The minimum Gasteiger partial charge on any atom is -0.490 e. The van der Waals surface area contributed by atoms with Gasteiger partial charge in [0.05, 0.1) is 6.61 Å². The highest BCUT2D eigenvalue weighted by Crippen LogP contribution is 2.55. The average Bonchev–Trinajstić information content (AvgIpc) is 2.57. The van der Waals surface area contributed by atoms with Crippen LogP contribution in [0, 0.1) is 0 Å². The number of aliphatic carboxylic acids is 2. The molecule has 26 heavy (non-hydrogen) atoms. The molecular weight excluding hydrogens is 369 g/mol. The summed E-state index contributed by atoms with van der Waals surface area (Å²) in [7, 11) is -4.16. The fourth-order valence-electron chi connectivity index (χ4n) is 2.02. The van der Waals surface area contributed by atoms with E-state index in [0.29, 0.717) is 0 Å². The van der Waals surface area contributed by atoms with Gasteiger partial charge in [0.25, 0.3) is 0 Å². The first kappa shape index (κ1) is 21.9. The molecule has 146 valence electrons. The summed E-state index contributed by atoms with van der Waals surface area (Å²) in [5.41, 5.74) is 5.35. The van der Waals surface area contributed by atoms with Gasteiger partial charge in [0, 0.05) is 6.16 Å². The van der Waals surface area contributed by atoms with Crippen LogP contribution in [0.5, 0.6) is 11.5 Å². The second kappa shape index (κ2) is 9.54. The molecule has 2 unspecified atom stereocenters. The summed E-state index contributed by atoms with van der Waals surface area (Å²) in [5.74, 6) is -4.07. The van der Waals surface area contributed by atoms with E-state index in [4.69, 9.17) is 25.4 Å². The number of carbonyl (C=O) groups is 2. The van der Waals surface area contributed by atoms with Crippen LogP contribution in [0.2, 0.25) is 0 Å². The van der Waals surface area contributed by atoms with E-state index < -0.39 is 44.0 Å². The topological polar surface area (TPSA) is 177 Å². The van der Waals surface area contributed by atoms with Crippen LogP contribution in [0.4, 0.5) is 0 Å². The van der Waals surface area contributed by atoms with Gasteiger partial charge in [-0.25, -0.2) is 4.79 Å². The third kappa shape index (κ3) is 6.30. The van der Waals surface area contributed by atoms with Crippen molar-refractivity contribution in [3.63, 3.8) is 0 Å². The first-order valence-corrected chi connectivity index (χ1v) is 9.59. The standard InChI is InChI=1S/C15H22NO9P/c1-2-24-12-7-9(3-4-11(12)25-8-13(17)18)15(21)26(22,23)6-5-10(16)14(19)20/h3-4,7,10,15,21H,2,5-6,8,16H2,1H3,(H,17,18)(H,19,20)(H,22,23)/t10-,15?/m0/s1. The normalized spacial score (nSPS) is 15.5. The summed E-state index contributed by atoms with van der Waals surface area (Å²) in [6.07, 6.45) is -0.763. The molecule has 0 radical (unpaired) electrons. The molecule has 0 aliphatic rings. The van der Waals surface area contributed by atoms with Gasteiger partial charge in [0.15, 0.2) is 24.0 Å². The first-order chi connectivity index (χ1) is 12.1. The second-order valence-electron chi connectivity index (χ2n) is 5.41. The third-order valence-electron chi connectivity index (χ3n) is 3.38. The average molecular weight is 391 g/mol.